The summed E-state index contributed by atoms with van der Waals surface area (Å²) in [5.74, 6) is 1.73. The van der Waals surface area contributed by atoms with Crippen LogP contribution in [-0.2, 0) is 10.8 Å². The van der Waals surface area contributed by atoms with Crippen molar-refractivity contribution in [2.24, 2.45) is 0 Å². The standard InChI is InChI=1S/C17H13ClN2O3S/c1-22-17-9-15-13(8-14(17)18)16(6-7-20-15)23-11-2-4-12(5-3-11)24(21)10-19/h2-10,19H,1H3. The molecule has 0 fully saturated rings. The van der Waals surface area contributed by atoms with Crippen molar-refractivity contribution >= 4 is 38.9 Å². The minimum Gasteiger partial charge on any atom is -0.495 e. The molecule has 0 amide bonds. The Hall–Kier alpha value is -2.44. The largest absolute Gasteiger partial charge is 0.495 e. The molecule has 0 aliphatic carbocycles. The zero-order valence-corrected chi connectivity index (χ0v) is 14.2. The summed E-state index contributed by atoms with van der Waals surface area (Å²) in [6.45, 7) is 0. The molecule has 5 nitrogen and oxygen atoms in total. The van der Waals surface area contributed by atoms with Crippen LogP contribution < -0.4 is 9.47 Å². The van der Waals surface area contributed by atoms with Crippen molar-refractivity contribution in [2.75, 3.05) is 7.11 Å². The van der Waals surface area contributed by atoms with Crippen LogP contribution in [0.3, 0.4) is 0 Å². The fourth-order valence-electron chi connectivity index (χ4n) is 2.20. The normalized spacial score (nSPS) is 11.9. The number of benzene rings is 2. The van der Waals surface area contributed by atoms with Gasteiger partial charge in [-0.25, -0.2) is 4.21 Å². The van der Waals surface area contributed by atoms with E-state index in [4.69, 9.17) is 26.5 Å². The second-order valence-corrected chi connectivity index (χ2v) is 6.51. The van der Waals surface area contributed by atoms with E-state index in [0.717, 1.165) is 10.9 Å². The third-order valence-electron chi connectivity index (χ3n) is 3.37. The Labute approximate surface area is 146 Å². The third kappa shape index (κ3) is 3.25. The minimum atomic E-state index is -1.43. The highest BCUT2D eigenvalue weighted by atomic mass is 35.5. The van der Waals surface area contributed by atoms with E-state index in [-0.39, 0.29) is 0 Å². The van der Waals surface area contributed by atoms with Crippen LogP contribution >= 0.6 is 11.6 Å². The lowest BCUT2D eigenvalue weighted by Crippen LogP contribution is -1.92. The molecule has 7 heteroatoms. The SMILES string of the molecule is COc1cc2nccc(Oc3ccc(S(=O)C=N)cc3)c2cc1Cl. The molecule has 0 bridgehead atoms. The van der Waals surface area contributed by atoms with E-state index in [1.54, 1.807) is 55.8 Å². The topological polar surface area (TPSA) is 72.3 Å². The summed E-state index contributed by atoms with van der Waals surface area (Å²) in [6, 6.07) is 12.0. The molecule has 0 saturated carbocycles. The molecule has 0 saturated heterocycles. The number of pyridine rings is 1. The number of halogens is 1. The molecule has 2 aromatic carbocycles. The van der Waals surface area contributed by atoms with E-state index < -0.39 is 10.8 Å². The summed E-state index contributed by atoms with van der Waals surface area (Å²) in [5, 5.41) is 8.27. The quantitative estimate of drug-likeness (QED) is 0.540. The summed E-state index contributed by atoms with van der Waals surface area (Å²) in [7, 11) is 0.119. The van der Waals surface area contributed by atoms with Crippen LogP contribution in [0.15, 0.2) is 53.6 Å². The molecule has 1 heterocycles. The molecule has 1 N–H and O–H groups in total. The van der Waals surface area contributed by atoms with Gasteiger partial charge in [0.25, 0.3) is 0 Å². The van der Waals surface area contributed by atoms with E-state index in [2.05, 4.69) is 4.98 Å². The first kappa shape index (κ1) is 16.4. The highest BCUT2D eigenvalue weighted by Crippen LogP contribution is 2.35. The van der Waals surface area contributed by atoms with Gasteiger partial charge in [0.05, 0.1) is 34.0 Å². The number of aromatic nitrogens is 1. The summed E-state index contributed by atoms with van der Waals surface area (Å²) in [4.78, 5) is 4.84. The third-order valence-corrected chi connectivity index (χ3v) is 4.61. The smallest absolute Gasteiger partial charge is 0.139 e. The van der Waals surface area contributed by atoms with E-state index in [1.807, 2.05) is 0 Å². The molecule has 122 valence electrons. The van der Waals surface area contributed by atoms with Crippen LogP contribution in [0, 0.1) is 5.41 Å². The molecule has 1 atom stereocenters. The fourth-order valence-corrected chi connectivity index (χ4v) is 2.99. The van der Waals surface area contributed by atoms with E-state index >= 15 is 0 Å². The number of hydrogen-bond donors (Lipinski definition) is 1. The number of hydrogen-bond acceptors (Lipinski definition) is 5. The maximum absolute atomic E-state index is 11.5. The minimum absolute atomic E-state index is 0.472. The number of rotatable bonds is 5. The molecule has 3 aromatic rings. The van der Waals surface area contributed by atoms with Crippen molar-refractivity contribution in [1.29, 1.82) is 5.41 Å². The molecule has 0 radical (unpaired) electrons. The van der Waals surface area contributed by atoms with Gasteiger partial charge in [0.1, 0.15) is 17.2 Å². The first-order chi connectivity index (χ1) is 11.6. The zero-order chi connectivity index (χ0) is 17.1. The number of nitrogens with zero attached hydrogens (tertiary/aromatic N) is 1. The average Bonchev–Trinajstić information content (AvgIpc) is 2.61. The van der Waals surface area contributed by atoms with Gasteiger partial charge in [-0.2, -0.15) is 0 Å². The van der Waals surface area contributed by atoms with E-state index in [9.17, 15) is 4.21 Å². The van der Waals surface area contributed by atoms with Crippen LogP contribution in [0.5, 0.6) is 17.2 Å². The molecule has 1 aromatic heterocycles. The van der Waals surface area contributed by atoms with Crippen molar-refractivity contribution < 1.29 is 13.7 Å². The maximum atomic E-state index is 11.5. The van der Waals surface area contributed by atoms with Crippen LogP contribution in [0.1, 0.15) is 0 Å². The highest BCUT2D eigenvalue weighted by molar-refractivity contribution is 7.98. The maximum Gasteiger partial charge on any atom is 0.139 e. The van der Waals surface area contributed by atoms with Crippen LogP contribution in [-0.4, -0.2) is 21.8 Å². The monoisotopic (exact) mass is 360 g/mol. The zero-order valence-electron chi connectivity index (χ0n) is 12.7. The Morgan fingerprint density at radius 2 is 1.92 bits per heavy atom. The first-order valence-electron chi connectivity index (χ1n) is 6.93. The molecule has 24 heavy (non-hydrogen) atoms. The number of ether oxygens (including phenoxy) is 2. The molecule has 3 rings (SSSR count). The molecule has 0 aliphatic rings. The van der Waals surface area contributed by atoms with Crippen LogP contribution in [0.4, 0.5) is 0 Å². The molecular weight excluding hydrogens is 348 g/mol. The summed E-state index contributed by atoms with van der Waals surface area (Å²) < 4.78 is 22.6. The van der Waals surface area contributed by atoms with Gasteiger partial charge >= 0.3 is 0 Å². The van der Waals surface area contributed by atoms with Gasteiger partial charge < -0.3 is 9.47 Å². The number of methoxy groups -OCH3 is 1. The van der Waals surface area contributed by atoms with Gasteiger partial charge in [0.15, 0.2) is 0 Å². The van der Waals surface area contributed by atoms with Gasteiger partial charge in [-0.05, 0) is 36.4 Å². The van der Waals surface area contributed by atoms with Gasteiger partial charge in [-0.1, -0.05) is 11.6 Å². The van der Waals surface area contributed by atoms with Gasteiger partial charge in [0, 0.05) is 22.5 Å². The number of nitrogens with one attached hydrogen (secondary N) is 1. The summed E-state index contributed by atoms with van der Waals surface area (Å²) in [6.07, 6.45) is 1.64. The lowest BCUT2D eigenvalue weighted by atomic mass is 10.2. The van der Waals surface area contributed by atoms with Crippen molar-refractivity contribution in [2.45, 2.75) is 4.90 Å². The predicted molar refractivity (Wildman–Crippen MR) is 95.0 cm³/mol. The Morgan fingerprint density at radius 1 is 1.17 bits per heavy atom. The predicted octanol–water partition coefficient (Wildman–Crippen LogP) is 4.40. The Bertz CT molecular complexity index is 929. The van der Waals surface area contributed by atoms with Crippen molar-refractivity contribution in [3.63, 3.8) is 0 Å². The molecule has 1 unspecified atom stereocenters. The highest BCUT2D eigenvalue weighted by Gasteiger charge is 2.10. The van der Waals surface area contributed by atoms with Crippen molar-refractivity contribution in [3.05, 3.63) is 53.7 Å². The molecule has 0 spiro atoms. The summed E-state index contributed by atoms with van der Waals surface area (Å²) in [5.41, 5.74) is 1.59. The summed E-state index contributed by atoms with van der Waals surface area (Å²) >= 11 is 6.19. The van der Waals surface area contributed by atoms with Crippen molar-refractivity contribution in [1.82, 2.24) is 4.98 Å². The Balaban J connectivity index is 1.96. The van der Waals surface area contributed by atoms with Gasteiger partial charge in [0.2, 0.25) is 0 Å². The Morgan fingerprint density at radius 3 is 2.58 bits per heavy atom. The van der Waals surface area contributed by atoms with Gasteiger partial charge in [-0.15, -0.1) is 0 Å². The Kier molecular flexibility index (Phi) is 4.78. The van der Waals surface area contributed by atoms with Crippen molar-refractivity contribution in [3.8, 4) is 17.2 Å². The van der Waals surface area contributed by atoms with Crippen LogP contribution in [0.2, 0.25) is 5.02 Å². The second-order valence-electron chi connectivity index (χ2n) is 4.80. The first-order valence-corrected chi connectivity index (χ1v) is 8.53. The fraction of sp³-hybridized carbons (Fsp3) is 0.0588. The molecular formula is C17H13ClN2O3S. The lowest BCUT2D eigenvalue weighted by molar-refractivity contribution is 0.415. The number of fused-ring (bicyclic) bond motifs is 1. The lowest BCUT2D eigenvalue weighted by Gasteiger charge is -2.11. The second kappa shape index (κ2) is 6.98. The average molecular weight is 361 g/mol. The van der Waals surface area contributed by atoms with E-state index in [1.165, 1.54) is 0 Å². The van der Waals surface area contributed by atoms with E-state index in [0.29, 0.717) is 32.7 Å². The van der Waals surface area contributed by atoms with Crippen LogP contribution in [0.25, 0.3) is 10.9 Å². The molecule has 0 aliphatic heterocycles. The van der Waals surface area contributed by atoms with Gasteiger partial charge in [-0.3, -0.25) is 10.4 Å².